The molecule has 114 valence electrons. The number of hydrogen-bond acceptors (Lipinski definition) is 4. The van der Waals surface area contributed by atoms with Gasteiger partial charge in [-0.15, -0.1) is 0 Å². The van der Waals surface area contributed by atoms with Crippen LogP contribution in [-0.2, 0) is 14.1 Å². The third-order valence-corrected chi connectivity index (χ3v) is 3.83. The molecule has 0 amide bonds. The number of hydrogen-bond donors (Lipinski definition) is 0. The van der Waals surface area contributed by atoms with E-state index in [-0.39, 0.29) is 15.3 Å². The maximum Gasteiger partial charge on any atom is 0.205 e. The molecule has 0 N–H and O–H groups in total. The van der Waals surface area contributed by atoms with Crippen LogP contribution in [0.25, 0.3) is 0 Å². The number of rotatable bonds is 4. The van der Waals surface area contributed by atoms with Gasteiger partial charge in [0, 0.05) is 14.1 Å². The van der Waals surface area contributed by atoms with E-state index >= 15 is 0 Å². The van der Waals surface area contributed by atoms with Crippen LogP contribution in [0.15, 0.2) is 25.0 Å². The molecule has 0 bridgehead atoms. The zero-order valence-electron chi connectivity index (χ0n) is 11.3. The molecule has 0 saturated carbocycles. The fourth-order valence-corrected chi connectivity index (χ4v) is 2.16. The van der Waals surface area contributed by atoms with Crippen molar-refractivity contribution in [3.05, 3.63) is 36.4 Å². The van der Waals surface area contributed by atoms with Crippen LogP contribution in [0.2, 0.25) is 0 Å². The second-order valence-electron chi connectivity index (χ2n) is 4.00. The van der Waals surface area contributed by atoms with Crippen LogP contribution in [-0.4, -0.2) is 39.7 Å². The lowest BCUT2D eigenvalue weighted by atomic mass is 10.3. The van der Waals surface area contributed by atoms with E-state index < -0.39 is 0 Å². The average Bonchev–Trinajstić information content (AvgIpc) is 3.06. The summed E-state index contributed by atoms with van der Waals surface area (Å²) in [4.78, 5) is 29.9. The first kappa shape index (κ1) is 18.2. The van der Waals surface area contributed by atoms with E-state index in [0.29, 0.717) is 16.7 Å². The number of halogens is 3. The van der Waals surface area contributed by atoms with Gasteiger partial charge in [-0.05, 0) is 0 Å². The lowest BCUT2D eigenvalue weighted by Gasteiger charge is -2.00. The van der Waals surface area contributed by atoms with E-state index in [2.05, 4.69) is 57.8 Å². The minimum Gasteiger partial charge on any atom is -0.331 e. The quantitative estimate of drug-likeness (QED) is 0.494. The summed E-state index contributed by atoms with van der Waals surface area (Å²) in [6, 6.07) is 0. The highest BCUT2D eigenvalue weighted by Gasteiger charge is 2.15. The Morgan fingerprint density at radius 1 is 1.10 bits per heavy atom. The average molecular weight is 485 g/mol. The molecule has 2 aromatic rings. The number of aromatic nitrogens is 4. The molecule has 0 spiro atoms. The number of Topliss-reactive ketones (excluding diaryl/α,β-unsaturated/α-hetero) is 2. The van der Waals surface area contributed by atoms with E-state index in [0.717, 1.165) is 0 Å². The molecule has 0 atom stereocenters. The molecule has 21 heavy (non-hydrogen) atoms. The van der Waals surface area contributed by atoms with Crippen LogP contribution in [0.1, 0.15) is 21.0 Å². The lowest BCUT2D eigenvalue weighted by molar-refractivity contribution is 0.1000. The summed E-state index contributed by atoms with van der Waals surface area (Å²) in [7, 11) is 3.57. The Morgan fingerprint density at radius 3 is 1.90 bits per heavy atom. The van der Waals surface area contributed by atoms with Gasteiger partial charge in [-0.25, -0.2) is 9.97 Å². The number of carbonyl (C=O) groups excluding carboxylic acids is 2. The fraction of sp³-hybridized carbons (Fsp3) is 0.333. The first-order valence-corrected chi connectivity index (χ1v) is 8.68. The topological polar surface area (TPSA) is 69.8 Å². The van der Waals surface area contributed by atoms with Crippen molar-refractivity contribution >= 4 is 59.4 Å². The van der Waals surface area contributed by atoms with Gasteiger partial charge in [0.1, 0.15) is 15.1 Å². The number of nitrogens with zero attached hydrogens (tertiary/aromatic N) is 4. The van der Waals surface area contributed by atoms with Crippen molar-refractivity contribution in [1.82, 2.24) is 19.1 Å². The van der Waals surface area contributed by atoms with Crippen molar-refractivity contribution in [2.75, 3.05) is 5.33 Å². The maximum atomic E-state index is 11.3. The summed E-state index contributed by atoms with van der Waals surface area (Å²) < 4.78 is 3.05. The predicted octanol–water partition coefficient (Wildman–Crippen LogP) is 2.72. The normalized spacial score (nSPS) is 10.2. The summed E-state index contributed by atoms with van der Waals surface area (Å²) in [5.74, 6) is 0.0324. The zero-order chi connectivity index (χ0) is 16.0. The standard InChI is InChI=1S/C6H6Br2N2O.C6H7BrN2O/c1-10-3-9-2-4(10)5(11)6(7)8;1-9-4-8-3-5(9)6(10)2-7/h2-3,6H,1H3;3-4H,2H2,1H3. The Bertz CT molecular complexity index is 622. The smallest absolute Gasteiger partial charge is 0.205 e. The molecule has 0 saturated heterocycles. The van der Waals surface area contributed by atoms with E-state index in [1.54, 1.807) is 42.1 Å². The summed E-state index contributed by atoms with van der Waals surface area (Å²) in [5.41, 5.74) is 1.22. The Morgan fingerprint density at radius 2 is 1.57 bits per heavy atom. The highest BCUT2D eigenvalue weighted by molar-refractivity contribution is 9.25. The van der Waals surface area contributed by atoms with Crippen molar-refractivity contribution in [2.45, 2.75) is 3.74 Å². The van der Waals surface area contributed by atoms with E-state index in [1.165, 1.54) is 6.20 Å². The van der Waals surface area contributed by atoms with Gasteiger partial charge in [-0.2, -0.15) is 0 Å². The zero-order valence-corrected chi connectivity index (χ0v) is 16.1. The predicted molar refractivity (Wildman–Crippen MR) is 90.5 cm³/mol. The number of aryl methyl sites for hydroxylation is 2. The van der Waals surface area contributed by atoms with Gasteiger partial charge in [0.25, 0.3) is 0 Å². The molecule has 0 radical (unpaired) electrons. The Kier molecular flexibility index (Phi) is 7.47. The molecule has 9 heteroatoms. The fourth-order valence-electron chi connectivity index (χ4n) is 1.40. The summed E-state index contributed by atoms with van der Waals surface area (Å²) >= 11 is 9.32. The van der Waals surface area contributed by atoms with Crippen molar-refractivity contribution in [3.8, 4) is 0 Å². The highest BCUT2D eigenvalue weighted by atomic mass is 79.9. The van der Waals surface area contributed by atoms with Gasteiger partial charge >= 0.3 is 0 Å². The second-order valence-corrected chi connectivity index (χ2v) is 7.62. The number of alkyl halides is 3. The van der Waals surface area contributed by atoms with E-state index in [9.17, 15) is 9.59 Å². The van der Waals surface area contributed by atoms with Crippen molar-refractivity contribution in [2.24, 2.45) is 14.1 Å². The van der Waals surface area contributed by atoms with Crippen LogP contribution in [0.5, 0.6) is 0 Å². The minimum atomic E-state index is -0.328. The second kappa shape index (κ2) is 8.60. The van der Waals surface area contributed by atoms with Crippen LogP contribution in [0.4, 0.5) is 0 Å². The molecule has 0 aliphatic heterocycles. The summed E-state index contributed by atoms with van der Waals surface area (Å²) in [6.07, 6.45) is 6.30. The number of imidazole rings is 2. The van der Waals surface area contributed by atoms with Crippen LogP contribution in [0.3, 0.4) is 0 Å². The lowest BCUT2D eigenvalue weighted by Crippen LogP contribution is -2.11. The van der Waals surface area contributed by atoms with Crippen molar-refractivity contribution in [1.29, 1.82) is 0 Å². The van der Waals surface area contributed by atoms with Crippen LogP contribution in [0, 0.1) is 0 Å². The van der Waals surface area contributed by atoms with Gasteiger partial charge in [0.15, 0.2) is 5.78 Å². The third-order valence-electron chi connectivity index (χ3n) is 2.49. The molecule has 0 aliphatic rings. The summed E-state index contributed by atoms with van der Waals surface area (Å²) in [5, 5.41) is 0.354. The van der Waals surface area contributed by atoms with Gasteiger partial charge in [0.2, 0.25) is 5.78 Å². The molecular weight excluding hydrogens is 472 g/mol. The molecule has 0 aliphatic carbocycles. The Hall–Kier alpha value is -0.800. The summed E-state index contributed by atoms with van der Waals surface area (Å²) in [6.45, 7) is 0. The molecule has 2 aromatic heterocycles. The number of ketones is 2. The van der Waals surface area contributed by atoms with Gasteiger partial charge in [-0.1, -0.05) is 47.8 Å². The van der Waals surface area contributed by atoms with Crippen molar-refractivity contribution in [3.63, 3.8) is 0 Å². The molecular formula is C12H13Br3N4O2. The Balaban J connectivity index is 0.000000211. The van der Waals surface area contributed by atoms with E-state index in [1.807, 2.05) is 0 Å². The van der Waals surface area contributed by atoms with Crippen molar-refractivity contribution < 1.29 is 9.59 Å². The molecule has 0 unspecified atom stereocenters. The SMILES string of the molecule is Cn1cncc1C(=O)C(Br)Br.Cn1cncc1C(=O)CBr. The van der Waals surface area contributed by atoms with Crippen LogP contribution >= 0.6 is 47.8 Å². The van der Waals surface area contributed by atoms with Gasteiger partial charge in [-0.3, -0.25) is 9.59 Å². The number of carbonyl (C=O) groups is 2. The molecule has 0 aromatic carbocycles. The molecule has 2 heterocycles. The Labute approximate surface area is 147 Å². The monoisotopic (exact) mass is 482 g/mol. The van der Waals surface area contributed by atoms with Crippen LogP contribution < -0.4 is 0 Å². The van der Waals surface area contributed by atoms with Gasteiger partial charge in [0.05, 0.1) is 30.4 Å². The highest BCUT2D eigenvalue weighted by Crippen LogP contribution is 2.14. The molecule has 2 rings (SSSR count). The third kappa shape index (κ3) is 5.15. The molecule has 6 nitrogen and oxygen atoms in total. The first-order valence-electron chi connectivity index (χ1n) is 5.72. The minimum absolute atomic E-state index is 0.0231. The van der Waals surface area contributed by atoms with Gasteiger partial charge < -0.3 is 9.13 Å². The first-order chi connectivity index (χ1) is 9.88. The maximum absolute atomic E-state index is 11.3. The molecule has 0 fully saturated rings. The largest absolute Gasteiger partial charge is 0.331 e. The van der Waals surface area contributed by atoms with E-state index in [4.69, 9.17) is 0 Å².